The van der Waals surface area contributed by atoms with E-state index in [1.54, 1.807) is 30.0 Å². The Labute approximate surface area is 174 Å². The average Bonchev–Trinajstić information content (AvgIpc) is 3.32. The number of nitrogens with one attached hydrogen (secondary N) is 3. The van der Waals surface area contributed by atoms with Crippen LogP contribution >= 0.6 is 11.8 Å². The maximum atomic E-state index is 12.8. The van der Waals surface area contributed by atoms with Crippen LogP contribution in [0.25, 0.3) is 11.1 Å². The molecule has 1 heterocycles. The fraction of sp³-hybridized carbons (Fsp3) is 0.571. The molecule has 0 spiro atoms. The van der Waals surface area contributed by atoms with Gasteiger partial charge in [0.15, 0.2) is 5.58 Å². The first-order chi connectivity index (χ1) is 14.0. The summed E-state index contributed by atoms with van der Waals surface area (Å²) >= 11 is 1.64. The maximum absolute atomic E-state index is 12.8. The highest BCUT2D eigenvalue weighted by atomic mass is 32.2. The third kappa shape index (κ3) is 5.88. The first-order valence-corrected chi connectivity index (χ1v) is 11.6. The van der Waals surface area contributed by atoms with E-state index >= 15 is 0 Å². The Morgan fingerprint density at radius 2 is 2.03 bits per heavy atom. The zero-order valence-corrected chi connectivity index (χ0v) is 17.8. The Balaban J connectivity index is 1.63. The van der Waals surface area contributed by atoms with Crippen LogP contribution < -0.4 is 16.4 Å². The molecule has 0 saturated heterocycles. The Bertz CT molecular complexity index is 901. The molecule has 29 heavy (non-hydrogen) atoms. The predicted molar refractivity (Wildman–Crippen MR) is 116 cm³/mol. The lowest BCUT2D eigenvalue weighted by molar-refractivity contribution is -0.129. The number of anilines is 1. The maximum Gasteiger partial charge on any atom is 0.417 e. The molecule has 3 N–H and O–H groups in total. The molecular weight excluding hydrogens is 390 g/mol. The van der Waals surface area contributed by atoms with Crippen LogP contribution in [-0.4, -0.2) is 34.8 Å². The third-order valence-corrected chi connectivity index (χ3v) is 6.18. The number of carbonyl (C=O) groups is 2. The Kier molecular flexibility index (Phi) is 7.41. The summed E-state index contributed by atoms with van der Waals surface area (Å²) in [6, 6.07) is 4.35. The van der Waals surface area contributed by atoms with E-state index in [9.17, 15) is 14.4 Å². The van der Waals surface area contributed by atoms with Crippen molar-refractivity contribution in [3.63, 3.8) is 0 Å². The van der Waals surface area contributed by atoms with Crippen molar-refractivity contribution in [3.8, 4) is 0 Å². The topological polar surface area (TPSA) is 104 Å². The number of fused-ring (bicyclic) bond motifs is 1. The molecule has 1 aromatic carbocycles. The van der Waals surface area contributed by atoms with Crippen molar-refractivity contribution < 1.29 is 14.0 Å². The van der Waals surface area contributed by atoms with Crippen LogP contribution in [0.1, 0.15) is 45.4 Å². The zero-order valence-electron chi connectivity index (χ0n) is 17.0. The summed E-state index contributed by atoms with van der Waals surface area (Å²) in [6.07, 6.45) is 8.32. The summed E-state index contributed by atoms with van der Waals surface area (Å²) in [5, 5.41) is 5.79. The first-order valence-electron chi connectivity index (χ1n) is 10.2. The minimum absolute atomic E-state index is 0.0623. The van der Waals surface area contributed by atoms with E-state index in [1.165, 1.54) is 25.7 Å². The normalized spacial score (nSPS) is 16.6. The van der Waals surface area contributed by atoms with Gasteiger partial charge < -0.3 is 15.1 Å². The minimum atomic E-state index is -0.597. The van der Waals surface area contributed by atoms with Gasteiger partial charge in [-0.05, 0) is 49.0 Å². The highest BCUT2D eigenvalue weighted by molar-refractivity contribution is 7.98. The SMILES string of the molecule is CSCCC(NC(=O)C(C)CC1CCCC1)C(=O)Nc1ccc2oc(=O)[nH]c2c1. The summed E-state index contributed by atoms with van der Waals surface area (Å²) in [6.45, 7) is 1.94. The molecule has 0 bridgehead atoms. The number of aromatic amines is 1. The summed E-state index contributed by atoms with van der Waals surface area (Å²) in [4.78, 5) is 39.4. The van der Waals surface area contributed by atoms with Gasteiger partial charge >= 0.3 is 5.76 Å². The number of rotatable bonds is 9. The number of H-pyrrole nitrogens is 1. The average molecular weight is 420 g/mol. The number of oxazole rings is 1. The minimum Gasteiger partial charge on any atom is -0.408 e. The van der Waals surface area contributed by atoms with Crippen molar-refractivity contribution in [2.24, 2.45) is 11.8 Å². The standard InChI is InChI=1S/C21H29N3O4S/c1-13(11-14-5-3-4-6-14)19(25)23-16(9-10-29-2)20(26)22-15-7-8-18-17(12-15)24-21(27)28-18/h7-8,12-14,16H,3-6,9-11H2,1-2H3,(H,22,26)(H,23,25)(H,24,27). The predicted octanol–water partition coefficient (Wildman–Crippen LogP) is 3.51. The molecule has 7 nitrogen and oxygen atoms in total. The van der Waals surface area contributed by atoms with Crippen LogP contribution in [0.4, 0.5) is 5.69 Å². The fourth-order valence-corrected chi connectivity index (χ4v) is 4.40. The van der Waals surface area contributed by atoms with Gasteiger partial charge in [-0.25, -0.2) is 4.79 Å². The van der Waals surface area contributed by atoms with Crippen molar-refractivity contribution in [3.05, 3.63) is 28.7 Å². The van der Waals surface area contributed by atoms with Gasteiger partial charge in [0.05, 0.1) is 5.52 Å². The van der Waals surface area contributed by atoms with E-state index in [0.29, 0.717) is 29.1 Å². The van der Waals surface area contributed by atoms with Crippen LogP contribution in [0.3, 0.4) is 0 Å². The van der Waals surface area contributed by atoms with Gasteiger partial charge in [0.25, 0.3) is 0 Å². The second-order valence-electron chi connectivity index (χ2n) is 7.84. The molecule has 1 aliphatic carbocycles. The number of hydrogen-bond donors (Lipinski definition) is 3. The van der Waals surface area contributed by atoms with Crippen LogP contribution in [0.15, 0.2) is 27.4 Å². The second-order valence-corrected chi connectivity index (χ2v) is 8.83. The van der Waals surface area contributed by atoms with E-state index in [-0.39, 0.29) is 17.7 Å². The van der Waals surface area contributed by atoms with Gasteiger partial charge in [-0.1, -0.05) is 32.6 Å². The summed E-state index contributed by atoms with van der Waals surface area (Å²) in [7, 11) is 0. The monoisotopic (exact) mass is 419 g/mol. The van der Waals surface area contributed by atoms with Crippen LogP contribution in [0.5, 0.6) is 0 Å². The van der Waals surface area contributed by atoms with Crippen LogP contribution in [0.2, 0.25) is 0 Å². The number of thioether (sulfide) groups is 1. The Morgan fingerprint density at radius 1 is 1.28 bits per heavy atom. The van der Waals surface area contributed by atoms with Gasteiger partial charge in [0.2, 0.25) is 11.8 Å². The number of aromatic nitrogens is 1. The molecule has 3 rings (SSSR count). The van der Waals surface area contributed by atoms with Gasteiger partial charge in [0.1, 0.15) is 6.04 Å². The number of benzene rings is 1. The molecule has 2 atom stereocenters. The second kappa shape index (κ2) is 10.0. The van der Waals surface area contributed by atoms with Gasteiger partial charge in [-0.15, -0.1) is 0 Å². The Morgan fingerprint density at radius 3 is 2.76 bits per heavy atom. The van der Waals surface area contributed by atoms with Crippen molar-refractivity contribution in [2.75, 3.05) is 17.3 Å². The highest BCUT2D eigenvalue weighted by Crippen LogP contribution is 2.30. The molecule has 2 aromatic rings. The smallest absolute Gasteiger partial charge is 0.408 e. The lowest BCUT2D eigenvalue weighted by atomic mass is 9.93. The van der Waals surface area contributed by atoms with E-state index in [0.717, 1.165) is 12.2 Å². The summed E-state index contributed by atoms with van der Waals surface area (Å²) < 4.78 is 4.98. The molecule has 0 radical (unpaired) electrons. The zero-order chi connectivity index (χ0) is 20.8. The molecule has 2 amide bonds. The molecule has 1 saturated carbocycles. The quantitative estimate of drug-likeness (QED) is 0.577. The van der Waals surface area contributed by atoms with Crippen molar-refractivity contribution in [1.29, 1.82) is 0 Å². The molecule has 1 fully saturated rings. The summed E-state index contributed by atoms with van der Waals surface area (Å²) in [5.74, 6) is 0.431. The fourth-order valence-electron chi connectivity index (χ4n) is 3.93. The van der Waals surface area contributed by atoms with Crippen LogP contribution in [-0.2, 0) is 9.59 Å². The van der Waals surface area contributed by atoms with Crippen molar-refractivity contribution >= 4 is 40.4 Å². The Hall–Kier alpha value is -2.22. The van der Waals surface area contributed by atoms with Crippen molar-refractivity contribution in [1.82, 2.24) is 10.3 Å². The summed E-state index contributed by atoms with van der Waals surface area (Å²) in [5.41, 5.74) is 1.49. The van der Waals surface area contributed by atoms with Crippen molar-refractivity contribution in [2.45, 2.75) is 51.5 Å². The highest BCUT2D eigenvalue weighted by Gasteiger charge is 2.26. The number of amides is 2. The van der Waals surface area contributed by atoms with E-state index in [4.69, 9.17) is 4.42 Å². The van der Waals surface area contributed by atoms with Gasteiger partial charge in [-0.3, -0.25) is 14.6 Å². The number of carbonyl (C=O) groups excluding carboxylic acids is 2. The van der Waals surface area contributed by atoms with Gasteiger partial charge in [0, 0.05) is 11.6 Å². The van der Waals surface area contributed by atoms with E-state index in [1.807, 2.05) is 13.2 Å². The molecule has 0 aliphatic heterocycles. The molecule has 1 aliphatic rings. The van der Waals surface area contributed by atoms with E-state index in [2.05, 4.69) is 15.6 Å². The molecule has 2 unspecified atom stereocenters. The number of hydrogen-bond acceptors (Lipinski definition) is 5. The van der Waals surface area contributed by atoms with Crippen LogP contribution in [0, 0.1) is 11.8 Å². The first kappa shape index (κ1) is 21.5. The molecule has 8 heteroatoms. The molecular formula is C21H29N3O4S. The van der Waals surface area contributed by atoms with Gasteiger partial charge in [-0.2, -0.15) is 11.8 Å². The van der Waals surface area contributed by atoms with E-state index < -0.39 is 11.8 Å². The molecule has 1 aromatic heterocycles. The lowest BCUT2D eigenvalue weighted by Gasteiger charge is -2.22. The largest absolute Gasteiger partial charge is 0.417 e. The third-order valence-electron chi connectivity index (χ3n) is 5.54. The molecule has 158 valence electrons. The lowest BCUT2D eigenvalue weighted by Crippen LogP contribution is -2.46.